The first-order valence-corrected chi connectivity index (χ1v) is 7.53. The Morgan fingerprint density at radius 1 is 1.29 bits per heavy atom. The minimum absolute atomic E-state index is 0.0417. The lowest BCUT2D eigenvalue weighted by Gasteiger charge is -2.16. The van der Waals surface area contributed by atoms with Crippen molar-refractivity contribution in [1.29, 1.82) is 0 Å². The Balaban J connectivity index is 2.15. The van der Waals surface area contributed by atoms with Gasteiger partial charge in [0, 0.05) is 37.3 Å². The number of carbonyl (C=O) groups is 2. The molecule has 2 rings (SSSR count). The maximum Gasteiger partial charge on any atom is 0.229 e. The average Bonchev–Trinajstić information content (AvgIpc) is 2.95. The van der Waals surface area contributed by atoms with Crippen molar-refractivity contribution in [1.82, 2.24) is 4.90 Å². The van der Waals surface area contributed by atoms with Gasteiger partial charge >= 0.3 is 0 Å². The summed E-state index contributed by atoms with van der Waals surface area (Å²) < 4.78 is 15.8. The van der Waals surface area contributed by atoms with Crippen molar-refractivity contribution in [2.75, 3.05) is 39.7 Å². The van der Waals surface area contributed by atoms with Gasteiger partial charge in [-0.1, -0.05) is 6.08 Å². The first-order valence-electron chi connectivity index (χ1n) is 7.53. The Kier molecular flexibility index (Phi) is 5.68. The molecule has 0 spiro atoms. The van der Waals surface area contributed by atoms with Crippen molar-refractivity contribution >= 4 is 17.5 Å². The van der Waals surface area contributed by atoms with E-state index >= 15 is 0 Å². The zero-order valence-electron chi connectivity index (χ0n) is 14.1. The number of hydrogen-bond acceptors (Lipinski definition) is 5. The van der Waals surface area contributed by atoms with Gasteiger partial charge in [0.15, 0.2) is 11.5 Å². The summed E-state index contributed by atoms with van der Waals surface area (Å²) in [5, 5.41) is 2.81. The summed E-state index contributed by atoms with van der Waals surface area (Å²) in [5.41, 5.74) is 0.518. The van der Waals surface area contributed by atoms with Crippen LogP contribution in [0.15, 0.2) is 24.8 Å². The molecule has 1 aromatic rings. The van der Waals surface area contributed by atoms with E-state index in [1.165, 1.54) is 21.3 Å². The highest BCUT2D eigenvalue weighted by molar-refractivity contribution is 5.97. The lowest BCUT2D eigenvalue weighted by molar-refractivity contribution is -0.127. The molecule has 1 heterocycles. The van der Waals surface area contributed by atoms with Gasteiger partial charge in [0.1, 0.15) is 0 Å². The van der Waals surface area contributed by atoms with E-state index in [4.69, 9.17) is 14.2 Å². The highest BCUT2D eigenvalue weighted by Crippen LogP contribution is 2.40. The molecular weight excluding hydrogens is 312 g/mol. The van der Waals surface area contributed by atoms with E-state index in [-0.39, 0.29) is 18.2 Å². The summed E-state index contributed by atoms with van der Waals surface area (Å²) in [5.74, 6) is 0.692. The lowest BCUT2D eigenvalue weighted by Crippen LogP contribution is -2.28. The molecule has 1 N–H and O–H groups in total. The molecule has 1 fully saturated rings. The van der Waals surface area contributed by atoms with Crippen LogP contribution in [0.25, 0.3) is 0 Å². The number of carbonyl (C=O) groups excluding carboxylic acids is 2. The fourth-order valence-corrected chi connectivity index (χ4v) is 2.68. The third-order valence-corrected chi connectivity index (χ3v) is 3.87. The largest absolute Gasteiger partial charge is 0.493 e. The van der Waals surface area contributed by atoms with Crippen molar-refractivity contribution in [3.05, 3.63) is 24.8 Å². The van der Waals surface area contributed by atoms with Crippen molar-refractivity contribution < 1.29 is 23.8 Å². The fraction of sp³-hybridized carbons (Fsp3) is 0.412. The van der Waals surface area contributed by atoms with Gasteiger partial charge in [-0.25, -0.2) is 0 Å². The normalized spacial score (nSPS) is 16.7. The molecule has 1 aliphatic heterocycles. The van der Waals surface area contributed by atoms with Gasteiger partial charge in [0.05, 0.1) is 27.2 Å². The SMILES string of the molecule is C=CCN1CC(C(=O)Nc2cc(OC)c(OC)c(OC)c2)CC1=O. The Morgan fingerprint density at radius 3 is 2.42 bits per heavy atom. The van der Waals surface area contributed by atoms with Crippen molar-refractivity contribution in [2.45, 2.75) is 6.42 Å². The van der Waals surface area contributed by atoms with Gasteiger partial charge in [-0.15, -0.1) is 6.58 Å². The number of methoxy groups -OCH3 is 3. The minimum atomic E-state index is -0.392. The second-order valence-corrected chi connectivity index (χ2v) is 5.39. The number of rotatable bonds is 7. The minimum Gasteiger partial charge on any atom is -0.493 e. The molecule has 0 bridgehead atoms. The van der Waals surface area contributed by atoms with E-state index in [9.17, 15) is 9.59 Å². The number of benzene rings is 1. The number of nitrogens with zero attached hydrogens (tertiary/aromatic N) is 1. The van der Waals surface area contributed by atoms with Crippen LogP contribution in [0.4, 0.5) is 5.69 Å². The molecule has 0 saturated carbocycles. The van der Waals surface area contributed by atoms with Crippen LogP contribution in [0, 0.1) is 5.92 Å². The average molecular weight is 334 g/mol. The molecule has 1 aromatic carbocycles. The number of hydrogen-bond donors (Lipinski definition) is 1. The number of anilines is 1. The van der Waals surface area contributed by atoms with Crippen molar-refractivity contribution in [3.8, 4) is 17.2 Å². The topological polar surface area (TPSA) is 77.1 Å². The van der Waals surface area contributed by atoms with Crippen LogP contribution in [-0.4, -0.2) is 51.1 Å². The Hall–Kier alpha value is -2.70. The van der Waals surface area contributed by atoms with Crippen LogP contribution in [-0.2, 0) is 9.59 Å². The standard InChI is InChI=1S/C17H22N2O5/c1-5-6-19-10-11(7-15(19)20)17(21)18-12-8-13(22-2)16(24-4)14(9-12)23-3/h5,8-9,11H,1,6-7,10H2,2-4H3,(H,18,21). The molecule has 1 saturated heterocycles. The molecule has 1 atom stereocenters. The molecule has 0 aromatic heterocycles. The van der Waals surface area contributed by atoms with Crippen molar-refractivity contribution in [3.63, 3.8) is 0 Å². The number of ether oxygens (including phenoxy) is 3. The molecule has 7 heteroatoms. The molecule has 1 aliphatic rings. The summed E-state index contributed by atoms with van der Waals surface area (Å²) in [4.78, 5) is 25.9. The molecule has 130 valence electrons. The second kappa shape index (κ2) is 7.72. The summed E-state index contributed by atoms with van der Waals surface area (Å²) in [6.45, 7) is 4.46. The maximum absolute atomic E-state index is 12.4. The van der Waals surface area contributed by atoms with Crippen LogP contribution in [0.1, 0.15) is 6.42 Å². The maximum atomic E-state index is 12.4. The molecular formula is C17H22N2O5. The predicted molar refractivity (Wildman–Crippen MR) is 89.6 cm³/mol. The summed E-state index contributed by atoms with van der Waals surface area (Å²) >= 11 is 0. The second-order valence-electron chi connectivity index (χ2n) is 5.39. The fourth-order valence-electron chi connectivity index (χ4n) is 2.68. The Labute approximate surface area is 141 Å². The van der Waals surface area contributed by atoms with Crippen LogP contribution >= 0.6 is 0 Å². The van der Waals surface area contributed by atoms with Crippen LogP contribution in [0.2, 0.25) is 0 Å². The van der Waals surface area contributed by atoms with E-state index < -0.39 is 5.92 Å². The van der Waals surface area contributed by atoms with Gasteiger partial charge in [-0.2, -0.15) is 0 Å². The molecule has 24 heavy (non-hydrogen) atoms. The molecule has 0 radical (unpaired) electrons. The van der Waals surface area contributed by atoms with Gasteiger partial charge in [-0.3, -0.25) is 9.59 Å². The van der Waals surface area contributed by atoms with Crippen molar-refractivity contribution in [2.24, 2.45) is 5.92 Å². The highest BCUT2D eigenvalue weighted by atomic mass is 16.5. The van der Waals surface area contributed by atoms with E-state index in [0.717, 1.165) is 0 Å². The summed E-state index contributed by atoms with van der Waals surface area (Å²) in [6.07, 6.45) is 1.85. The first-order chi connectivity index (χ1) is 11.5. The van der Waals surface area contributed by atoms with E-state index in [2.05, 4.69) is 11.9 Å². The first kappa shape index (κ1) is 17.7. The van der Waals surface area contributed by atoms with E-state index in [0.29, 0.717) is 36.0 Å². The number of nitrogens with one attached hydrogen (secondary N) is 1. The third-order valence-electron chi connectivity index (χ3n) is 3.87. The van der Waals surface area contributed by atoms with E-state index in [1.54, 1.807) is 23.1 Å². The lowest BCUT2D eigenvalue weighted by atomic mass is 10.1. The zero-order chi connectivity index (χ0) is 17.7. The van der Waals surface area contributed by atoms with Gasteiger partial charge in [0.25, 0.3) is 0 Å². The summed E-state index contributed by atoms with van der Waals surface area (Å²) in [6, 6.07) is 3.30. The van der Waals surface area contributed by atoms with Crippen LogP contribution in [0.3, 0.4) is 0 Å². The highest BCUT2D eigenvalue weighted by Gasteiger charge is 2.33. The van der Waals surface area contributed by atoms with Gasteiger partial charge in [-0.05, 0) is 0 Å². The van der Waals surface area contributed by atoms with Gasteiger partial charge < -0.3 is 24.4 Å². The van der Waals surface area contributed by atoms with E-state index in [1.807, 2.05) is 0 Å². The molecule has 1 unspecified atom stereocenters. The molecule has 0 aliphatic carbocycles. The Morgan fingerprint density at radius 2 is 1.92 bits per heavy atom. The number of likely N-dealkylation sites (tertiary alicyclic amines) is 1. The van der Waals surface area contributed by atoms with Crippen LogP contribution < -0.4 is 19.5 Å². The third kappa shape index (κ3) is 3.61. The number of amides is 2. The smallest absolute Gasteiger partial charge is 0.229 e. The van der Waals surface area contributed by atoms with Gasteiger partial charge in [0.2, 0.25) is 17.6 Å². The Bertz CT molecular complexity index is 619. The predicted octanol–water partition coefficient (Wildman–Crippen LogP) is 1.69. The quantitative estimate of drug-likeness (QED) is 0.768. The summed E-state index contributed by atoms with van der Waals surface area (Å²) in [7, 11) is 4.52. The molecule has 2 amide bonds. The van der Waals surface area contributed by atoms with Crippen LogP contribution in [0.5, 0.6) is 17.2 Å². The zero-order valence-corrected chi connectivity index (χ0v) is 14.1. The monoisotopic (exact) mass is 334 g/mol. The molecule has 7 nitrogen and oxygen atoms in total.